The van der Waals surface area contributed by atoms with E-state index in [1.807, 2.05) is 0 Å². The molecule has 1 aliphatic carbocycles. The largest absolute Gasteiger partial charge is 0.242 e. The van der Waals surface area contributed by atoms with E-state index in [4.69, 9.17) is 31.2 Å². The molecule has 0 aromatic heterocycles. The highest BCUT2D eigenvalue weighted by Crippen LogP contribution is 2.15. The molecule has 0 bridgehead atoms. The molecule has 4 N–H and O–H groups in total. The maximum Gasteiger partial charge on any atom is 0.231 e. The minimum Gasteiger partial charge on any atom is -0.242 e. The van der Waals surface area contributed by atoms with Crippen molar-refractivity contribution in [2.75, 3.05) is 0 Å². The number of carbonyl (C=O) groups excluding carboxylic acids is 2. The van der Waals surface area contributed by atoms with Gasteiger partial charge in [0.25, 0.3) is 0 Å². The number of fused-ring (bicyclic) bond motifs is 2. The van der Waals surface area contributed by atoms with Crippen LogP contribution in [0.5, 0.6) is 0 Å². The van der Waals surface area contributed by atoms with E-state index in [1.54, 1.807) is 0 Å². The predicted molar refractivity (Wildman–Crippen MR) is 80.2 cm³/mol. The number of hydrogen-bond donors (Lipinski definition) is 4. The first kappa shape index (κ1) is 18.6. The van der Waals surface area contributed by atoms with Crippen molar-refractivity contribution in [2.24, 2.45) is 0 Å². The van der Waals surface area contributed by atoms with Gasteiger partial charge in [0, 0.05) is 0 Å². The van der Waals surface area contributed by atoms with Crippen molar-refractivity contribution >= 4 is 18.2 Å². The molecule has 0 atom stereocenters. The molecule has 0 spiro atoms. The summed E-state index contributed by atoms with van der Waals surface area (Å²) in [6, 6.07) is 16.4. The highest BCUT2D eigenvalue weighted by atomic mass is 16.1. The Morgan fingerprint density at radius 2 is 1.14 bits per heavy atom. The molecule has 0 saturated carbocycles. The summed E-state index contributed by atoms with van der Waals surface area (Å²) in [6.45, 7) is 2.18. The highest BCUT2D eigenvalue weighted by molar-refractivity contribution is 5.33. The molecule has 2 aromatic rings. The van der Waals surface area contributed by atoms with E-state index in [-0.39, 0.29) is 0 Å². The van der Waals surface area contributed by atoms with Crippen molar-refractivity contribution in [3.05, 3.63) is 68.9 Å². The zero-order valence-electron chi connectivity index (χ0n) is 11.9. The molecule has 0 radical (unpaired) electrons. The number of hydrogen-bond acceptors (Lipinski definition) is 6. The molecule has 6 heteroatoms. The van der Waals surface area contributed by atoms with Crippen molar-refractivity contribution in [1.82, 2.24) is 0 Å². The van der Waals surface area contributed by atoms with Crippen molar-refractivity contribution in [2.45, 2.75) is 6.92 Å². The van der Waals surface area contributed by atoms with Crippen molar-refractivity contribution < 1.29 is 9.59 Å². The normalized spacial score (nSPS) is 7.86. The average Bonchev–Trinajstić information content (AvgIpc) is 2.47. The van der Waals surface area contributed by atoms with Gasteiger partial charge in [-0.05, 0) is 33.4 Å². The Morgan fingerprint density at radius 1 is 0.727 bits per heavy atom. The number of benzene rings is 2. The van der Waals surface area contributed by atoms with E-state index >= 15 is 0 Å². The summed E-state index contributed by atoms with van der Waals surface area (Å²) < 4.78 is 0. The van der Waals surface area contributed by atoms with E-state index in [0.29, 0.717) is 0 Å². The Hall–Kier alpha value is -3.42. The van der Waals surface area contributed by atoms with Gasteiger partial charge >= 0.3 is 0 Å². The van der Waals surface area contributed by atoms with Crippen LogP contribution in [0.2, 0.25) is 0 Å². The zero-order valence-corrected chi connectivity index (χ0v) is 11.9. The van der Waals surface area contributed by atoms with Crippen LogP contribution < -0.4 is 0 Å². The van der Waals surface area contributed by atoms with Gasteiger partial charge in [0.2, 0.25) is 12.2 Å². The molecule has 0 saturated heterocycles. The van der Waals surface area contributed by atoms with Gasteiger partial charge in [-0.1, -0.05) is 42.5 Å². The zero-order chi connectivity index (χ0) is 17.0. The third-order valence-corrected chi connectivity index (χ3v) is 2.76. The van der Waals surface area contributed by atoms with Gasteiger partial charge in [-0.3, -0.25) is 0 Å². The SMILES string of the molecule is Cc1cccc2c1=c1ccccc1=2.N=C=N.N=C=O.N=C=O. The van der Waals surface area contributed by atoms with Crippen LogP contribution in [-0.2, 0) is 9.59 Å². The second-order valence-corrected chi connectivity index (χ2v) is 3.87. The van der Waals surface area contributed by atoms with Gasteiger partial charge in [-0.2, -0.15) is 0 Å². The molecule has 0 heterocycles. The molecule has 1 aliphatic rings. The Labute approximate surface area is 126 Å². The molecule has 0 amide bonds. The highest BCUT2D eigenvalue weighted by Gasteiger charge is 2.01. The average molecular weight is 294 g/mol. The van der Waals surface area contributed by atoms with Crippen LogP contribution in [0.15, 0.2) is 42.5 Å². The fourth-order valence-corrected chi connectivity index (χ4v) is 2.12. The fourth-order valence-electron chi connectivity index (χ4n) is 2.12. The lowest BCUT2D eigenvalue weighted by Crippen LogP contribution is -1.92. The van der Waals surface area contributed by atoms with Crippen LogP contribution in [0.3, 0.4) is 0 Å². The molecule has 0 aliphatic heterocycles. The minimum absolute atomic E-state index is 0.750. The lowest BCUT2D eigenvalue weighted by molar-refractivity contribution is 0.562. The van der Waals surface area contributed by atoms with E-state index in [9.17, 15) is 0 Å². The smallest absolute Gasteiger partial charge is 0.231 e. The molecule has 0 fully saturated rings. The Bertz CT molecular complexity index is 889. The van der Waals surface area contributed by atoms with Gasteiger partial charge in [0.15, 0.2) is 0 Å². The molecule has 2 aromatic carbocycles. The molecule has 0 unspecified atom stereocenters. The van der Waals surface area contributed by atoms with Gasteiger partial charge in [-0.25, -0.2) is 31.2 Å². The summed E-state index contributed by atoms with van der Waals surface area (Å²) >= 11 is 0. The maximum atomic E-state index is 8.35. The third-order valence-electron chi connectivity index (χ3n) is 2.76. The van der Waals surface area contributed by atoms with Crippen LogP contribution in [0.1, 0.15) is 5.56 Å². The number of isocyanates is 2. The maximum absolute atomic E-state index is 8.35. The molecule has 110 valence electrons. The van der Waals surface area contributed by atoms with Crippen molar-refractivity contribution in [1.29, 1.82) is 21.6 Å². The molecular formula is C16H14N4O2. The fraction of sp³-hybridized carbons (Fsp3) is 0.0625. The quantitative estimate of drug-likeness (QED) is 0.375. The number of aryl methyl sites for hydroxylation is 1. The monoisotopic (exact) mass is 294 g/mol. The summed E-state index contributed by atoms with van der Waals surface area (Å²) in [7, 11) is 0. The second-order valence-electron chi connectivity index (χ2n) is 3.87. The van der Waals surface area contributed by atoms with Crippen LogP contribution in [0.25, 0.3) is 0 Å². The summed E-state index contributed by atoms with van der Waals surface area (Å²) in [5.74, 6) is 0. The van der Waals surface area contributed by atoms with Crippen LogP contribution in [0.4, 0.5) is 0 Å². The summed E-state index contributed by atoms with van der Waals surface area (Å²) in [6.07, 6.45) is 1.50. The van der Waals surface area contributed by atoms with Gasteiger partial charge in [0.05, 0.1) is 6.01 Å². The van der Waals surface area contributed by atoms with Gasteiger partial charge in [-0.15, -0.1) is 0 Å². The van der Waals surface area contributed by atoms with E-state index in [2.05, 4.69) is 49.4 Å². The summed E-state index contributed by atoms with van der Waals surface area (Å²) in [5.41, 5.74) is 1.39. The first-order valence-electron chi connectivity index (χ1n) is 5.98. The van der Waals surface area contributed by atoms with Crippen LogP contribution >= 0.6 is 0 Å². The molecular weight excluding hydrogens is 280 g/mol. The van der Waals surface area contributed by atoms with Crippen LogP contribution in [0, 0.1) is 49.4 Å². The third kappa shape index (κ3) is 4.60. The second kappa shape index (κ2) is 10.4. The molecule has 22 heavy (non-hydrogen) atoms. The number of nitrogens with one attached hydrogen (secondary N) is 4. The summed E-state index contributed by atoms with van der Waals surface area (Å²) in [4.78, 5) is 16.7. The topological polar surface area (TPSA) is 130 Å². The van der Waals surface area contributed by atoms with Gasteiger partial charge < -0.3 is 0 Å². The summed E-state index contributed by atoms with van der Waals surface area (Å²) in [5, 5.41) is 27.7. The van der Waals surface area contributed by atoms with Crippen molar-refractivity contribution in [3.63, 3.8) is 0 Å². The van der Waals surface area contributed by atoms with E-state index in [1.165, 1.54) is 32.4 Å². The Balaban J connectivity index is 0.000000416. The first-order valence-corrected chi connectivity index (χ1v) is 5.98. The first-order chi connectivity index (χ1) is 10.6. The van der Waals surface area contributed by atoms with Gasteiger partial charge in [0.1, 0.15) is 0 Å². The number of rotatable bonds is 0. The Kier molecular flexibility index (Phi) is 8.76. The van der Waals surface area contributed by atoms with Crippen LogP contribution in [-0.4, -0.2) is 18.2 Å². The molecule has 3 rings (SSSR count). The predicted octanol–water partition coefficient (Wildman–Crippen LogP) is 3.00. The van der Waals surface area contributed by atoms with E-state index in [0.717, 1.165) is 12.2 Å². The standard InChI is InChI=1S/C13H10.CH2N2.2CHNO/c1-9-5-4-8-12-10-6-2-3-7-11(10)13(9)12;3*2-1-3/h2-8H,1H3;2-3H;2*2H. The minimum atomic E-state index is 0.750. The Morgan fingerprint density at radius 3 is 1.64 bits per heavy atom. The van der Waals surface area contributed by atoms with E-state index < -0.39 is 0 Å². The molecule has 6 nitrogen and oxygen atoms in total. The lowest BCUT2D eigenvalue weighted by atomic mass is 9.98. The lowest BCUT2D eigenvalue weighted by Gasteiger charge is -2.06. The van der Waals surface area contributed by atoms with Crippen molar-refractivity contribution in [3.8, 4) is 0 Å².